The third-order valence-electron chi connectivity index (χ3n) is 4.15. The highest BCUT2D eigenvalue weighted by molar-refractivity contribution is 5.98. The van der Waals surface area contributed by atoms with Crippen molar-refractivity contribution >= 4 is 17.3 Å². The Labute approximate surface area is 125 Å². The summed E-state index contributed by atoms with van der Waals surface area (Å²) < 4.78 is 5.02. The Morgan fingerprint density at radius 3 is 2.81 bits per heavy atom. The van der Waals surface area contributed by atoms with E-state index in [1.807, 2.05) is 18.0 Å². The smallest absolute Gasteiger partial charge is 0.340 e. The molecule has 1 aliphatic carbocycles. The number of aliphatic hydroxyl groups is 1. The molecular formula is C16H24N2O3. The minimum absolute atomic E-state index is 0.0403. The van der Waals surface area contributed by atoms with E-state index in [-0.39, 0.29) is 12.1 Å². The highest BCUT2D eigenvalue weighted by Gasteiger charge is 2.28. The molecule has 0 spiro atoms. The zero-order valence-electron chi connectivity index (χ0n) is 12.7. The van der Waals surface area contributed by atoms with E-state index in [9.17, 15) is 9.90 Å². The number of esters is 1. The first-order chi connectivity index (χ1) is 10.1. The fourth-order valence-electron chi connectivity index (χ4n) is 2.97. The second-order valence-corrected chi connectivity index (χ2v) is 5.49. The molecule has 1 aromatic rings. The lowest BCUT2D eigenvalue weighted by Gasteiger charge is -2.37. The second kappa shape index (κ2) is 6.80. The number of aliphatic hydroxyl groups excluding tert-OH is 1. The molecule has 0 aromatic heterocycles. The van der Waals surface area contributed by atoms with E-state index in [0.29, 0.717) is 17.9 Å². The predicted octanol–water partition coefficient (Wildman–Crippen LogP) is 2.19. The van der Waals surface area contributed by atoms with Crippen molar-refractivity contribution in [3.8, 4) is 0 Å². The highest BCUT2D eigenvalue weighted by atomic mass is 16.5. The standard InChI is InChI=1S/C16H24N2O3/c1-3-21-16(20)11-7-6-9-13(15(11)17)18(2)12-8-4-5-10-14(12)19/h6-7,9,12,14,19H,3-5,8,10,17H2,1-2H3. The van der Waals surface area contributed by atoms with E-state index in [2.05, 4.69) is 0 Å². The van der Waals surface area contributed by atoms with Gasteiger partial charge in [0.25, 0.3) is 0 Å². The number of nitrogen functional groups attached to an aromatic ring is 1. The summed E-state index contributed by atoms with van der Waals surface area (Å²) in [6.45, 7) is 2.09. The molecule has 1 aliphatic rings. The molecule has 1 aromatic carbocycles. The van der Waals surface area contributed by atoms with Crippen molar-refractivity contribution in [1.29, 1.82) is 0 Å². The Balaban J connectivity index is 2.26. The van der Waals surface area contributed by atoms with Gasteiger partial charge in [-0.1, -0.05) is 18.9 Å². The third kappa shape index (κ3) is 3.29. The third-order valence-corrected chi connectivity index (χ3v) is 4.15. The summed E-state index contributed by atoms with van der Waals surface area (Å²) in [5, 5.41) is 10.2. The van der Waals surface area contributed by atoms with Gasteiger partial charge in [0.05, 0.1) is 35.7 Å². The molecule has 0 radical (unpaired) electrons. The van der Waals surface area contributed by atoms with Crippen LogP contribution in [0, 0.1) is 0 Å². The Morgan fingerprint density at radius 2 is 2.14 bits per heavy atom. The van der Waals surface area contributed by atoms with Crippen LogP contribution in [0.4, 0.5) is 11.4 Å². The Bertz CT molecular complexity index is 504. The van der Waals surface area contributed by atoms with Gasteiger partial charge in [-0.05, 0) is 31.9 Å². The van der Waals surface area contributed by atoms with Gasteiger partial charge in [-0.2, -0.15) is 0 Å². The number of benzene rings is 1. The zero-order valence-corrected chi connectivity index (χ0v) is 12.7. The fourth-order valence-corrected chi connectivity index (χ4v) is 2.97. The molecule has 5 heteroatoms. The summed E-state index contributed by atoms with van der Waals surface area (Å²) in [4.78, 5) is 13.9. The first-order valence-electron chi connectivity index (χ1n) is 7.52. The lowest BCUT2D eigenvalue weighted by Crippen LogP contribution is -2.43. The molecule has 116 valence electrons. The maximum atomic E-state index is 11.9. The molecule has 21 heavy (non-hydrogen) atoms. The van der Waals surface area contributed by atoms with Crippen molar-refractivity contribution in [2.24, 2.45) is 0 Å². The molecular weight excluding hydrogens is 268 g/mol. The molecule has 3 N–H and O–H groups in total. The van der Waals surface area contributed by atoms with Crippen LogP contribution in [0.2, 0.25) is 0 Å². The van der Waals surface area contributed by atoms with Crippen LogP contribution in [0.15, 0.2) is 18.2 Å². The summed E-state index contributed by atoms with van der Waals surface area (Å²) in [6, 6.07) is 5.38. The van der Waals surface area contributed by atoms with Gasteiger partial charge in [0.15, 0.2) is 0 Å². The van der Waals surface area contributed by atoms with Crippen molar-refractivity contribution < 1.29 is 14.6 Å². The number of hydrogen-bond donors (Lipinski definition) is 2. The SMILES string of the molecule is CCOC(=O)c1cccc(N(C)C2CCCCC2O)c1N. The summed E-state index contributed by atoms with van der Waals surface area (Å²) in [7, 11) is 1.92. The number of para-hydroxylation sites is 1. The van der Waals surface area contributed by atoms with Crippen molar-refractivity contribution in [2.75, 3.05) is 24.3 Å². The molecule has 0 heterocycles. The fraction of sp³-hybridized carbons (Fsp3) is 0.562. The molecule has 0 saturated heterocycles. The topological polar surface area (TPSA) is 75.8 Å². The molecule has 0 bridgehead atoms. The maximum absolute atomic E-state index is 11.9. The minimum Gasteiger partial charge on any atom is -0.462 e. The van der Waals surface area contributed by atoms with Crippen molar-refractivity contribution in [2.45, 2.75) is 44.8 Å². The summed E-state index contributed by atoms with van der Waals surface area (Å²) in [6.07, 6.45) is 3.55. The number of anilines is 2. The van der Waals surface area contributed by atoms with Crippen LogP contribution in [0.3, 0.4) is 0 Å². The van der Waals surface area contributed by atoms with E-state index >= 15 is 0 Å². The average molecular weight is 292 g/mol. The predicted molar refractivity (Wildman–Crippen MR) is 83.5 cm³/mol. The lowest BCUT2D eigenvalue weighted by molar-refractivity contribution is 0.0527. The number of carbonyl (C=O) groups is 1. The monoisotopic (exact) mass is 292 g/mol. The van der Waals surface area contributed by atoms with Crippen molar-refractivity contribution in [3.63, 3.8) is 0 Å². The van der Waals surface area contributed by atoms with Crippen LogP contribution in [0.25, 0.3) is 0 Å². The van der Waals surface area contributed by atoms with Gasteiger partial charge in [-0.25, -0.2) is 4.79 Å². The first kappa shape index (κ1) is 15.6. The quantitative estimate of drug-likeness (QED) is 0.657. The number of hydrogen-bond acceptors (Lipinski definition) is 5. The average Bonchev–Trinajstić information content (AvgIpc) is 2.47. The van der Waals surface area contributed by atoms with E-state index in [1.54, 1.807) is 19.1 Å². The minimum atomic E-state index is -0.408. The maximum Gasteiger partial charge on any atom is 0.340 e. The van der Waals surface area contributed by atoms with E-state index in [0.717, 1.165) is 31.4 Å². The number of nitrogens with two attached hydrogens (primary N) is 1. The van der Waals surface area contributed by atoms with Crippen LogP contribution in [0.1, 0.15) is 43.0 Å². The van der Waals surface area contributed by atoms with Crippen LogP contribution in [-0.4, -0.2) is 36.9 Å². The largest absolute Gasteiger partial charge is 0.462 e. The molecule has 2 atom stereocenters. The number of carbonyl (C=O) groups excluding carboxylic acids is 1. The molecule has 0 amide bonds. The van der Waals surface area contributed by atoms with E-state index in [4.69, 9.17) is 10.5 Å². The van der Waals surface area contributed by atoms with Crippen molar-refractivity contribution in [1.82, 2.24) is 0 Å². The summed E-state index contributed by atoms with van der Waals surface area (Å²) in [5.74, 6) is -0.408. The molecule has 0 aliphatic heterocycles. The van der Waals surface area contributed by atoms with Crippen molar-refractivity contribution in [3.05, 3.63) is 23.8 Å². The lowest BCUT2D eigenvalue weighted by atomic mass is 9.91. The van der Waals surface area contributed by atoms with Gasteiger partial charge in [-0.3, -0.25) is 0 Å². The Kier molecular flexibility index (Phi) is 5.07. The summed E-state index contributed by atoms with van der Waals surface area (Å²) in [5.41, 5.74) is 7.71. The molecule has 1 fully saturated rings. The van der Waals surface area contributed by atoms with Gasteiger partial charge in [0.1, 0.15) is 0 Å². The molecule has 2 unspecified atom stereocenters. The number of likely N-dealkylation sites (N-methyl/N-ethyl adjacent to an activating group) is 1. The van der Waals surface area contributed by atoms with Gasteiger partial charge in [0.2, 0.25) is 0 Å². The van der Waals surface area contributed by atoms with Crippen LogP contribution in [-0.2, 0) is 4.74 Å². The highest BCUT2D eigenvalue weighted by Crippen LogP contribution is 2.32. The number of ether oxygens (including phenoxy) is 1. The van der Waals surface area contributed by atoms with Gasteiger partial charge >= 0.3 is 5.97 Å². The molecule has 5 nitrogen and oxygen atoms in total. The Hall–Kier alpha value is -1.75. The molecule has 2 rings (SSSR count). The van der Waals surface area contributed by atoms with Crippen LogP contribution >= 0.6 is 0 Å². The number of nitrogens with zero attached hydrogens (tertiary/aromatic N) is 1. The molecule has 1 saturated carbocycles. The number of rotatable bonds is 4. The van der Waals surface area contributed by atoms with Crippen LogP contribution < -0.4 is 10.6 Å². The van der Waals surface area contributed by atoms with Gasteiger partial charge < -0.3 is 20.5 Å². The summed E-state index contributed by atoms with van der Waals surface area (Å²) >= 11 is 0. The Morgan fingerprint density at radius 1 is 1.43 bits per heavy atom. The second-order valence-electron chi connectivity index (χ2n) is 5.49. The van der Waals surface area contributed by atoms with Crippen LogP contribution in [0.5, 0.6) is 0 Å². The zero-order chi connectivity index (χ0) is 15.4. The van der Waals surface area contributed by atoms with E-state index in [1.165, 1.54) is 0 Å². The van der Waals surface area contributed by atoms with Gasteiger partial charge in [0, 0.05) is 7.05 Å². The van der Waals surface area contributed by atoms with Gasteiger partial charge in [-0.15, -0.1) is 0 Å². The normalized spacial score (nSPS) is 21.9. The van der Waals surface area contributed by atoms with E-state index < -0.39 is 5.97 Å². The first-order valence-corrected chi connectivity index (χ1v) is 7.52.